The Morgan fingerprint density at radius 1 is 0.935 bits per heavy atom. The summed E-state index contributed by atoms with van der Waals surface area (Å²) in [6.45, 7) is 2.33. The quantitative estimate of drug-likeness (QED) is 0.666. The second kappa shape index (κ2) is 8.55. The Balaban J connectivity index is 1.61. The summed E-state index contributed by atoms with van der Waals surface area (Å²) in [4.78, 5) is 25.8. The molecule has 1 amide bonds. The number of amides is 1. The van der Waals surface area contributed by atoms with Crippen molar-refractivity contribution >= 4 is 28.6 Å². The van der Waals surface area contributed by atoms with E-state index in [-0.39, 0.29) is 5.91 Å². The molecule has 1 saturated heterocycles. The van der Waals surface area contributed by atoms with Crippen LogP contribution >= 0.6 is 0 Å². The number of nitrogen functional groups attached to an aromatic ring is 1. The van der Waals surface area contributed by atoms with Gasteiger partial charge in [0.15, 0.2) is 11.5 Å². The van der Waals surface area contributed by atoms with Crippen LogP contribution in [0.3, 0.4) is 0 Å². The summed E-state index contributed by atoms with van der Waals surface area (Å²) in [5.74, 6) is 2.20. The third kappa shape index (κ3) is 3.74. The number of fused-ring (bicyclic) bond motifs is 1. The van der Waals surface area contributed by atoms with Crippen LogP contribution in [0.25, 0.3) is 10.9 Å². The van der Waals surface area contributed by atoms with Crippen molar-refractivity contribution in [3.8, 4) is 17.2 Å². The number of anilines is 2. The van der Waals surface area contributed by atoms with E-state index in [4.69, 9.17) is 24.9 Å². The van der Waals surface area contributed by atoms with Gasteiger partial charge in [-0.2, -0.15) is 4.98 Å². The maximum atomic E-state index is 12.7. The number of rotatable bonds is 5. The highest BCUT2D eigenvalue weighted by Crippen LogP contribution is 2.44. The molecule has 0 aliphatic carbocycles. The number of carbonyl (C=O) groups is 1. The van der Waals surface area contributed by atoms with E-state index in [1.54, 1.807) is 27.4 Å². The van der Waals surface area contributed by atoms with Crippen molar-refractivity contribution in [3.63, 3.8) is 0 Å². The summed E-state index contributed by atoms with van der Waals surface area (Å²) in [6, 6.07) is 11.0. The minimum absolute atomic E-state index is 0.0256. The predicted octanol–water partition coefficient (Wildman–Crippen LogP) is 2.20. The molecule has 3 aromatic rings. The third-order valence-corrected chi connectivity index (χ3v) is 5.38. The Labute approximate surface area is 180 Å². The van der Waals surface area contributed by atoms with Gasteiger partial charge in [-0.05, 0) is 18.2 Å². The van der Waals surface area contributed by atoms with Gasteiger partial charge in [0.1, 0.15) is 11.3 Å². The van der Waals surface area contributed by atoms with Crippen LogP contribution in [0.4, 0.5) is 11.8 Å². The highest BCUT2D eigenvalue weighted by atomic mass is 16.5. The molecule has 1 aliphatic heterocycles. The fourth-order valence-electron chi connectivity index (χ4n) is 3.75. The molecule has 2 heterocycles. The summed E-state index contributed by atoms with van der Waals surface area (Å²) < 4.78 is 16.4. The van der Waals surface area contributed by atoms with E-state index in [0.29, 0.717) is 71.7 Å². The van der Waals surface area contributed by atoms with Crippen molar-refractivity contribution in [1.82, 2.24) is 14.9 Å². The Morgan fingerprint density at radius 2 is 1.61 bits per heavy atom. The van der Waals surface area contributed by atoms with Gasteiger partial charge >= 0.3 is 0 Å². The Bertz CT molecular complexity index is 1100. The smallest absolute Gasteiger partial charge is 0.253 e. The van der Waals surface area contributed by atoms with Crippen LogP contribution in [0.1, 0.15) is 10.4 Å². The normalized spacial score (nSPS) is 13.9. The fourth-order valence-corrected chi connectivity index (χ4v) is 3.75. The maximum absolute atomic E-state index is 12.7. The van der Waals surface area contributed by atoms with E-state index in [0.717, 1.165) is 0 Å². The van der Waals surface area contributed by atoms with E-state index in [1.165, 1.54) is 0 Å². The zero-order chi connectivity index (χ0) is 22.0. The van der Waals surface area contributed by atoms with Gasteiger partial charge in [-0.1, -0.05) is 18.2 Å². The fraction of sp³-hybridized carbons (Fsp3) is 0.318. The number of nitrogens with two attached hydrogens (primary N) is 1. The minimum atomic E-state index is 0.0256. The lowest BCUT2D eigenvalue weighted by Crippen LogP contribution is -2.49. The van der Waals surface area contributed by atoms with Gasteiger partial charge < -0.3 is 29.7 Å². The van der Waals surface area contributed by atoms with Crippen LogP contribution in [0, 0.1) is 0 Å². The van der Waals surface area contributed by atoms with E-state index in [2.05, 4.69) is 4.98 Å². The number of hydrogen-bond donors (Lipinski definition) is 1. The van der Waals surface area contributed by atoms with Crippen molar-refractivity contribution in [3.05, 3.63) is 42.0 Å². The van der Waals surface area contributed by atoms with Gasteiger partial charge in [-0.15, -0.1) is 0 Å². The molecule has 2 N–H and O–H groups in total. The molecule has 1 aromatic heterocycles. The van der Waals surface area contributed by atoms with Crippen LogP contribution in [0.5, 0.6) is 17.2 Å². The first kappa shape index (κ1) is 20.5. The SMILES string of the molecule is COc1cc2c(N)nc(N3CCN(C(=O)c4ccccc4)CC3)nc2c(OC)c1OC. The van der Waals surface area contributed by atoms with Crippen molar-refractivity contribution in [2.24, 2.45) is 0 Å². The van der Waals surface area contributed by atoms with E-state index >= 15 is 0 Å². The van der Waals surface area contributed by atoms with E-state index < -0.39 is 0 Å². The molecule has 162 valence electrons. The molecule has 0 atom stereocenters. The number of hydrogen-bond acceptors (Lipinski definition) is 8. The highest BCUT2D eigenvalue weighted by molar-refractivity contribution is 5.97. The summed E-state index contributed by atoms with van der Waals surface area (Å²) in [7, 11) is 4.63. The Kier molecular flexibility index (Phi) is 5.66. The monoisotopic (exact) mass is 423 g/mol. The average molecular weight is 423 g/mol. The van der Waals surface area contributed by atoms with Gasteiger partial charge in [-0.25, -0.2) is 4.98 Å². The largest absolute Gasteiger partial charge is 0.493 e. The summed E-state index contributed by atoms with van der Waals surface area (Å²) in [5, 5.41) is 0.621. The molecule has 9 nitrogen and oxygen atoms in total. The zero-order valence-electron chi connectivity index (χ0n) is 17.8. The van der Waals surface area contributed by atoms with Gasteiger partial charge in [0.25, 0.3) is 5.91 Å². The summed E-state index contributed by atoms with van der Waals surface area (Å²) in [6.07, 6.45) is 0. The van der Waals surface area contributed by atoms with Crippen molar-refractivity contribution < 1.29 is 19.0 Å². The van der Waals surface area contributed by atoms with Gasteiger partial charge in [0.05, 0.1) is 26.7 Å². The Morgan fingerprint density at radius 3 is 2.23 bits per heavy atom. The lowest BCUT2D eigenvalue weighted by Gasteiger charge is -2.35. The second-order valence-electron chi connectivity index (χ2n) is 7.10. The zero-order valence-corrected chi connectivity index (χ0v) is 17.8. The first-order chi connectivity index (χ1) is 15.1. The van der Waals surface area contributed by atoms with Crippen LogP contribution in [-0.2, 0) is 0 Å². The van der Waals surface area contributed by atoms with Gasteiger partial charge in [0.2, 0.25) is 11.7 Å². The molecule has 1 fully saturated rings. The Hall–Kier alpha value is -3.75. The molecule has 0 saturated carbocycles. The molecule has 1 aliphatic rings. The second-order valence-corrected chi connectivity index (χ2v) is 7.10. The molecule has 0 radical (unpaired) electrons. The molecule has 0 bridgehead atoms. The van der Waals surface area contributed by atoms with E-state index in [9.17, 15) is 4.79 Å². The molecule has 9 heteroatoms. The van der Waals surface area contributed by atoms with Crippen LogP contribution in [-0.4, -0.2) is 68.3 Å². The van der Waals surface area contributed by atoms with Crippen molar-refractivity contribution in [2.45, 2.75) is 0 Å². The van der Waals surface area contributed by atoms with Gasteiger partial charge in [0, 0.05) is 31.7 Å². The van der Waals surface area contributed by atoms with Crippen LogP contribution < -0.4 is 24.8 Å². The van der Waals surface area contributed by atoms with Crippen molar-refractivity contribution in [1.29, 1.82) is 0 Å². The third-order valence-electron chi connectivity index (χ3n) is 5.38. The minimum Gasteiger partial charge on any atom is -0.493 e. The first-order valence-electron chi connectivity index (χ1n) is 9.92. The summed E-state index contributed by atoms with van der Waals surface area (Å²) >= 11 is 0. The lowest BCUT2D eigenvalue weighted by atomic mass is 10.1. The summed E-state index contributed by atoms with van der Waals surface area (Å²) in [5.41, 5.74) is 7.49. The molecular formula is C22H25N5O4. The van der Waals surface area contributed by atoms with Crippen molar-refractivity contribution in [2.75, 3.05) is 58.1 Å². The number of benzene rings is 2. The molecule has 0 spiro atoms. The molecule has 0 unspecified atom stereocenters. The predicted molar refractivity (Wildman–Crippen MR) is 118 cm³/mol. The molecule has 4 rings (SSSR count). The standard InChI is InChI=1S/C22H25N5O4/c1-29-16-13-15-17(19(31-3)18(16)30-2)24-22(25-20(15)23)27-11-9-26(10-12-27)21(28)14-7-5-4-6-8-14/h4-8,13H,9-12H2,1-3H3,(H2,23,24,25). The number of aromatic nitrogens is 2. The lowest BCUT2D eigenvalue weighted by molar-refractivity contribution is 0.0746. The molecule has 2 aromatic carbocycles. The average Bonchev–Trinajstić information content (AvgIpc) is 2.82. The molecular weight excluding hydrogens is 398 g/mol. The number of nitrogens with zero attached hydrogens (tertiary/aromatic N) is 4. The number of methoxy groups -OCH3 is 3. The van der Waals surface area contributed by atoms with E-state index in [1.807, 2.05) is 40.1 Å². The van der Waals surface area contributed by atoms with Crippen LogP contribution in [0.2, 0.25) is 0 Å². The first-order valence-corrected chi connectivity index (χ1v) is 9.92. The number of piperazine rings is 1. The maximum Gasteiger partial charge on any atom is 0.253 e. The van der Waals surface area contributed by atoms with Crippen LogP contribution in [0.15, 0.2) is 36.4 Å². The highest BCUT2D eigenvalue weighted by Gasteiger charge is 2.26. The van der Waals surface area contributed by atoms with Gasteiger partial charge in [-0.3, -0.25) is 4.79 Å². The molecule has 31 heavy (non-hydrogen) atoms. The number of carbonyl (C=O) groups excluding carboxylic acids is 1. The number of ether oxygens (including phenoxy) is 3. The topological polar surface area (TPSA) is 103 Å².